The summed E-state index contributed by atoms with van der Waals surface area (Å²) < 4.78 is 54.0. The van der Waals surface area contributed by atoms with Gasteiger partial charge in [0, 0.05) is 11.6 Å². The summed E-state index contributed by atoms with van der Waals surface area (Å²) in [6.07, 6.45) is -3.83. The number of hydrogen-bond donors (Lipinski definition) is 1. The van der Waals surface area contributed by atoms with Crippen LogP contribution < -0.4 is 4.74 Å². The van der Waals surface area contributed by atoms with Crippen molar-refractivity contribution in [1.29, 1.82) is 0 Å². The quantitative estimate of drug-likeness (QED) is 0.664. The zero-order chi connectivity index (χ0) is 14.5. The molecule has 1 aromatic rings. The average molecular weight is 278 g/mol. The molecule has 0 fully saturated rings. The third-order valence-electron chi connectivity index (χ3n) is 2.03. The first kappa shape index (κ1) is 15.0. The Morgan fingerprint density at radius 1 is 1.37 bits per heavy atom. The zero-order valence-electron chi connectivity index (χ0n) is 9.58. The Labute approximate surface area is 106 Å². The van der Waals surface area contributed by atoms with Gasteiger partial charge in [0.1, 0.15) is 0 Å². The SMILES string of the molecule is O=C(O)/C=C/c1cccc(F)c1OCCC(F)(F)F. The Bertz CT molecular complexity index is 480. The fraction of sp³-hybridized carbons (Fsp3) is 0.250. The number of carbonyl (C=O) groups is 1. The Hall–Kier alpha value is -2.05. The van der Waals surface area contributed by atoms with Crippen LogP contribution in [-0.2, 0) is 4.79 Å². The van der Waals surface area contributed by atoms with Gasteiger partial charge in [-0.3, -0.25) is 0 Å². The van der Waals surface area contributed by atoms with Crippen LogP contribution in [0.1, 0.15) is 12.0 Å². The molecule has 0 aliphatic heterocycles. The van der Waals surface area contributed by atoms with Crippen molar-refractivity contribution in [3.05, 3.63) is 35.7 Å². The first-order valence-electron chi connectivity index (χ1n) is 5.18. The van der Waals surface area contributed by atoms with Gasteiger partial charge in [-0.1, -0.05) is 12.1 Å². The molecule has 7 heteroatoms. The summed E-state index contributed by atoms with van der Waals surface area (Å²) in [5.41, 5.74) is 0.0598. The number of ether oxygens (including phenoxy) is 1. The van der Waals surface area contributed by atoms with Crippen LogP contribution in [0.5, 0.6) is 5.75 Å². The van der Waals surface area contributed by atoms with Crippen molar-refractivity contribution in [1.82, 2.24) is 0 Å². The number of carboxylic acid groups (broad SMARTS) is 1. The van der Waals surface area contributed by atoms with Gasteiger partial charge >= 0.3 is 12.1 Å². The first-order chi connectivity index (χ1) is 8.79. The summed E-state index contributed by atoms with van der Waals surface area (Å²) in [6.45, 7) is -0.738. The number of aliphatic carboxylic acids is 1. The normalized spacial score (nSPS) is 11.8. The van der Waals surface area contributed by atoms with Gasteiger partial charge in [-0.15, -0.1) is 0 Å². The monoisotopic (exact) mass is 278 g/mol. The summed E-state index contributed by atoms with van der Waals surface area (Å²) in [5.74, 6) is -2.51. The van der Waals surface area contributed by atoms with E-state index in [9.17, 15) is 22.4 Å². The third-order valence-corrected chi connectivity index (χ3v) is 2.03. The van der Waals surface area contributed by atoms with E-state index in [1.807, 2.05) is 0 Å². The fourth-order valence-corrected chi connectivity index (χ4v) is 1.24. The van der Waals surface area contributed by atoms with Gasteiger partial charge in [0.2, 0.25) is 0 Å². The minimum atomic E-state index is -4.40. The van der Waals surface area contributed by atoms with E-state index in [2.05, 4.69) is 0 Å². The van der Waals surface area contributed by atoms with Gasteiger partial charge in [-0.05, 0) is 12.1 Å². The molecule has 1 rings (SSSR count). The molecule has 0 amide bonds. The highest BCUT2D eigenvalue weighted by atomic mass is 19.4. The molecule has 104 valence electrons. The smallest absolute Gasteiger partial charge is 0.392 e. The maximum absolute atomic E-state index is 13.4. The summed E-state index contributed by atoms with van der Waals surface area (Å²) in [6, 6.07) is 3.65. The van der Waals surface area contributed by atoms with E-state index < -0.39 is 36.7 Å². The number of carboxylic acids is 1. The van der Waals surface area contributed by atoms with Gasteiger partial charge in [-0.2, -0.15) is 13.2 Å². The lowest BCUT2D eigenvalue weighted by Crippen LogP contribution is -2.13. The number of hydrogen-bond acceptors (Lipinski definition) is 2. The molecule has 19 heavy (non-hydrogen) atoms. The molecule has 0 heterocycles. The molecule has 0 aromatic heterocycles. The number of alkyl halides is 3. The predicted molar refractivity (Wildman–Crippen MR) is 59.2 cm³/mol. The molecule has 0 bridgehead atoms. The van der Waals surface area contributed by atoms with Crippen molar-refractivity contribution < 1.29 is 32.2 Å². The Kier molecular flexibility index (Phi) is 4.91. The summed E-state index contributed by atoms with van der Waals surface area (Å²) in [4.78, 5) is 10.3. The van der Waals surface area contributed by atoms with Crippen molar-refractivity contribution in [2.75, 3.05) is 6.61 Å². The van der Waals surface area contributed by atoms with E-state index in [-0.39, 0.29) is 5.56 Å². The van der Waals surface area contributed by atoms with Gasteiger partial charge in [0.15, 0.2) is 11.6 Å². The molecular weight excluding hydrogens is 268 g/mol. The van der Waals surface area contributed by atoms with Gasteiger partial charge in [0.05, 0.1) is 13.0 Å². The lowest BCUT2D eigenvalue weighted by Gasteiger charge is -2.11. The predicted octanol–water partition coefficient (Wildman–Crippen LogP) is 3.25. The number of para-hydroxylation sites is 1. The molecule has 3 nitrogen and oxygen atoms in total. The number of benzene rings is 1. The summed E-state index contributed by atoms with van der Waals surface area (Å²) >= 11 is 0. The van der Waals surface area contributed by atoms with E-state index in [0.29, 0.717) is 0 Å². The van der Waals surface area contributed by atoms with E-state index in [0.717, 1.165) is 18.2 Å². The van der Waals surface area contributed by atoms with E-state index in [1.54, 1.807) is 0 Å². The molecule has 0 aliphatic rings. The van der Waals surface area contributed by atoms with E-state index in [1.165, 1.54) is 12.1 Å². The van der Waals surface area contributed by atoms with Crippen molar-refractivity contribution in [2.45, 2.75) is 12.6 Å². The molecule has 1 aromatic carbocycles. The van der Waals surface area contributed by atoms with Crippen LogP contribution in [0.25, 0.3) is 6.08 Å². The van der Waals surface area contributed by atoms with Crippen molar-refractivity contribution >= 4 is 12.0 Å². The van der Waals surface area contributed by atoms with Crippen molar-refractivity contribution in [2.24, 2.45) is 0 Å². The Balaban J connectivity index is 2.83. The maximum atomic E-state index is 13.4. The van der Waals surface area contributed by atoms with Gasteiger partial charge in [-0.25, -0.2) is 9.18 Å². The lowest BCUT2D eigenvalue weighted by molar-refractivity contribution is -0.139. The second-order valence-electron chi connectivity index (χ2n) is 3.54. The van der Waals surface area contributed by atoms with E-state index >= 15 is 0 Å². The second-order valence-corrected chi connectivity index (χ2v) is 3.54. The molecule has 0 saturated carbocycles. The molecule has 0 radical (unpaired) electrons. The van der Waals surface area contributed by atoms with Crippen molar-refractivity contribution in [3.8, 4) is 5.75 Å². The lowest BCUT2D eigenvalue weighted by atomic mass is 10.2. The third kappa shape index (κ3) is 5.41. The summed E-state index contributed by atoms with van der Waals surface area (Å²) in [5, 5.41) is 8.45. The minimum Gasteiger partial charge on any atom is -0.490 e. The van der Waals surface area contributed by atoms with Crippen LogP contribution in [0, 0.1) is 5.82 Å². The number of halogens is 4. The van der Waals surface area contributed by atoms with Gasteiger partial charge in [0.25, 0.3) is 0 Å². The second kappa shape index (κ2) is 6.21. The summed E-state index contributed by atoms with van der Waals surface area (Å²) in [7, 11) is 0. The highest BCUT2D eigenvalue weighted by Gasteiger charge is 2.27. The molecule has 0 atom stereocenters. The molecule has 0 spiro atoms. The van der Waals surface area contributed by atoms with Crippen LogP contribution in [0.3, 0.4) is 0 Å². The Morgan fingerprint density at radius 3 is 2.63 bits per heavy atom. The van der Waals surface area contributed by atoms with Gasteiger partial charge < -0.3 is 9.84 Å². The largest absolute Gasteiger partial charge is 0.490 e. The number of rotatable bonds is 5. The maximum Gasteiger partial charge on any atom is 0.392 e. The molecule has 1 N–H and O–H groups in total. The fourth-order valence-electron chi connectivity index (χ4n) is 1.24. The van der Waals surface area contributed by atoms with Crippen LogP contribution in [-0.4, -0.2) is 23.9 Å². The van der Waals surface area contributed by atoms with Crippen molar-refractivity contribution in [3.63, 3.8) is 0 Å². The van der Waals surface area contributed by atoms with Crippen LogP contribution >= 0.6 is 0 Å². The molecule has 0 unspecified atom stereocenters. The van der Waals surface area contributed by atoms with E-state index in [4.69, 9.17) is 9.84 Å². The molecule has 0 aliphatic carbocycles. The minimum absolute atomic E-state index is 0.0598. The standard InChI is InChI=1S/C12H10F4O3/c13-9-3-1-2-8(4-5-10(17)18)11(9)19-7-6-12(14,15)16/h1-5H,6-7H2,(H,17,18)/b5-4+. The highest BCUT2D eigenvalue weighted by Crippen LogP contribution is 2.26. The average Bonchev–Trinajstić information content (AvgIpc) is 2.27. The Morgan fingerprint density at radius 2 is 2.05 bits per heavy atom. The van der Waals surface area contributed by atoms with Crippen LogP contribution in [0.2, 0.25) is 0 Å². The molecular formula is C12H10F4O3. The topological polar surface area (TPSA) is 46.5 Å². The molecule has 0 saturated heterocycles. The van der Waals surface area contributed by atoms with Crippen LogP contribution in [0.4, 0.5) is 17.6 Å². The highest BCUT2D eigenvalue weighted by molar-refractivity contribution is 5.85. The zero-order valence-corrected chi connectivity index (χ0v) is 9.58. The van der Waals surface area contributed by atoms with Crippen LogP contribution in [0.15, 0.2) is 24.3 Å². The first-order valence-corrected chi connectivity index (χ1v) is 5.18.